The first kappa shape index (κ1) is 13.3. The molecule has 6 heteroatoms. The molecule has 0 aromatic heterocycles. The molecule has 0 atom stereocenters. The van der Waals surface area contributed by atoms with Crippen molar-refractivity contribution in [2.24, 2.45) is 0 Å². The summed E-state index contributed by atoms with van der Waals surface area (Å²) >= 11 is 5.85. The molecule has 0 unspecified atom stereocenters. The van der Waals surface area contributed by atoms with Gasteiger partial charge in [-0.3, -0.25) is 19.0 Å². The molecule has 0 saturated carbocycles. The predicted molar refractivity (Wildman–Crippen MR) is 70.0 cm³/mol. The second-order valence-electron chi connectivity index (χ2n) is 4.07. The summed E-state index contributed by atoms with van der Waals surface area (Å²) in [4.78, 5) is 34.5. The largest absolute Gasteiger partial charge is 0.480 e. The summed E-state index contributed by atoms with van der Waals surface area (Å²) in [6.45, 7) is 0.778. The fraction of sp³-hybridized carbons (Fsp3) is 0.154. The number of aliphatic carboxylic acids is 1. The number of hydrogen-bond acceptors (Lipinski definition) is 3. The molecule has 5 nitrogen and oxygen atoms in total. The summed E-state index contributed by atoms with van der Waals surface area (Å²) in [5.41, 5.74) is 0.186. The van der Waals surface area contributed by atoms with Crippen LogP contribution in [0.25, 0.3) is 11.3 Å². The Labute approximate surface area is 113 Å². The molecule has 98 valence electrons. The first-order chi connectivity index (χ1) is 8.91. The van der Waals surface area contributed by atoms with Gasteiger partial charge < -0.3 is 5.11 Å². The molecule has 1 heterocycles. The monoisotopic (exact) mass is 279 g/mol. The van der Waals surface area contributed by atoms with Crippen molar-refractivity contribution in [3.63, 3.8) is 0 Å². The molecule has 0 bridgehead atoms. The maximum Gasteiger partial charge on any atom is 0.323 e. The number of hydrogen-bond donors (Lipinski definition) is 1. The van der Waals surface area contributed by atoms with Crippen molar-refractivity contribution in [1.29, 1.82) is 0 Å². The average Bonchev–Trinajstić information content (AvgIpc) is 2.45. The number of Topliss-reactive ketones (excluding diaryl/α,β-unsaturated/α-hetero) is 1. The first-order valence-corrected chi connectivity index (χ1v) is 5.84. The first-order valence-electron chi connectivity index (χ1n) is 5.46. The molecule has 0 saturated heterocycles. The van der Waals surface area contributed by atoms with Gasteiger partial charge in [0.1, 0.15) is 6.54 Å². The Balaban J connectivity index is 2.84. The van der Waals surface area contributed by atoms with Gasteiger partial charge in [0.2, 0.25) is 0 Å². The van der Waals surface area contributed by atoms with Crippen LogP contribution in [-0.2, 0) is 11.3 Å². The van der Waals surface area contributed by atoms with Crippen LogP contribution < -0.4 is 5.56 Å². The van der Waals surface area contributed by atoms with E-state index in [9.17, 15) is 14.4 Å². The topological polar surface area (TPSA) is 76.4 Å². The summed E-state index contributed by atoms with van der Waals surface area (Å²) in [6, 6.07) is 6.19. The normalized spacial score (nSPS) is 10.6. The Morgan fingerprint density at radius 3 is 2.47 bits per heavy atom. The van der Waals surface area contributed by atoms with Gasteiger partial charge in [0, 0.05) is 10.6 Å². The number of carbonyl (C=O) groups excluding carboxylic acids is 1. The summed E-state index contributed by atoms with van der Waals surface area (Å²) in [6.07, 6.45) is 0. The van der Waals surface area contributed by atoms with Gasteiger partial charge in [0.05, 0.1) is 11.3 Å². The molecule has 0 spiro atoms. The number of halogens is 1. The Kier molecular flexibility index (Phi) is 3.40. The van der Waals surface area contributed by atoms with Gasteiger partial charge in [-0.05, 0) is 25.1 Å². The van der Waals surface area contributed by atoms with Crippen LogP contribution in [0.4, 0.5) is 0 Å². The van der Waals surface area contributed by atoms with E-state index in [0.29, 0.717) is 16.3 Å². The van der Waals surface area contributed by atoms with Crippen molar-refractivity contribution in [3.05, 3.63) is 45.2 Å². The molecule has 0 radical (unpaired) electrons. The van der Waals surface area contributed by atoms with Crippen LogP contribution in [0.5, 0.6) is 0 Å². The smallest absolute Gasteiger partial charge is 0.323 e. The van der Waals surface area contributed by atoms with Crippen LogP contribution in [0.2, 0.25) is 5.02 Å². The van der Waals surface area contributed by atoms with Crippen molar-refractivity contribution in [1.82, 2.24) is 4.57 Å². The lowest BCUT2D eigenvalue weighted by Crippen LogP contribution is -2.23. The van der Waals surface area contributed by atoms with Gasteiger partial charge in [-0.25, -0.2) is 0 Å². The zero-order valence-corrected chi connectivity index (χ0v) is 10.8. The van der Waals surface area contributed by atoms with E-state index in [0.717, 1.165) is 4.57 Å². The highest BCUT2D eigenvalue weighted by atomic mass is 35.5. The fourth-order valence-electron chi connectivity index (χ4n) is 1.99. The van der Waals surface area contributed by atoms with Gasteiger partial charge in [0.25, 0.3) is 5.56 Å². The third-order valence-electron chi connectivity index (χ3n) is 2.75. The average molecular weight is 280 g/mol. The highest BCUT2D eigenvalue weighted by Gasteiger charge is 2.23. The minimum Gasteiger partial charge on any atom is -0.480 e. The Hall–Kier alpha value is -2.14. The van der Waals surface area contributed by atoms with Crippen molar-refractivity contribution >= 4 is 23.4 Å². The summed E-state index contributed by atoms with van der Waals surface area (Å²) in [7, 11) is 0. The van der Waals surface area contributed by atoms with Gasteiger partial charge in [-0.2, -0.15) is 0 Å². The standard InChI is InChI=1S/C13H10ClNO4/c1-7(16)12-9-4-2-8(14)3-5-10(9)15(13(12)19)6-11(17)18/h2-5H,6H2,1H3,(H,17,18). The van der Waals surface area contributed by atoms with E-state index in [2.05, 4.69) is 0 Å². The van der Waals surface area contributed by atoms with Gasteiger partial charge >= 0.3 is 5.97 Å². The highest BCUT2D eigenvalue weighted by molar-refractivity contribution is 6.30. The molecule has 19 heavy (non-hydrogen) atoms. The minimum atomic E-state index is -1.15. The fourth-order valence-corrected chi connectivity index (χ4v) is 2.12. The summed E-state index contributed by atoms with van der Waals surface area (Å²) in [5.74, 6) is -1.55. The molecule has 2 aliphatic rings. The molecular weight excluding hydrogens is 270 g/mol. The van der Waals surface area contributed by atoms with Crippen LogP contribution in [-0.4, -0.2) is 21.4 Å². The second-order valence-corrected chi connectivity index (χ2v) is 4.50. The number of carbonyl (C=O) groups is 2. The quantitative estimate of drug-likeness (QED) is 0.871. The SMILES string of the molecule is CC(=O)c1c2ccc(Cl)ccc-2n(CC(=O)O)c1=O. The molecule has 0 aromatic rings. The third kappa shape index (κ3) is 2.37. The number of ketones is 1. The predicted octanol–water partition coefficient (Wildman–Crippen LogP) is 1.89. The number of rotatable bonds is 3. The van der Waals surface area contributed by atoms with Crippen molar-refractivity contribution in [3.8, 4) is 11.3 Å². The van der Waals surface area contributed by atoms with Crippen molar-refractivity contribution in [2.45, 2.75) is 13.5 Å². The van der Waals surface area contributed by atoms with Crippen LogP contribution in [0, 0.1) is 0 Å². The number of fused-ring (bicyclic) bond motifs is 1. The van der Waals surface area contributed by atoms with E-state index in [4.69, 9.17) is 16.7 Å². The molecule has 1 aliphatic carbocycles. The lowest BCUT2D eigenvalue weighted by Gasteiger charge is -2.00. The molecule has 2 rings (SSSR count). The van der Waals surface area contributed by atoms with E-state index in [1.807, 2.05) is 0 Å². The summed E-state index contributed by atoms with van der Waals surface area (Å²) < 4.78 is 1.06. The van der Waals surface area contributed by atoms with Crippen LogP contribution >= 0.6 is 11.6 Å². The second kappa shape index (κ2) is 4.85. The lowest BCUT2D eigenvalue weighted by atomic mass is 10.1. The number of nitrogens with zero attached hydrogens (tertiary/aromatic N) is 1. The zero-order valence-electron chi connectivity index (χ0n) is 10.0. The molecule has 1 aliphatic heterocycles. The van der Waals surface area contributed by atoms with Crippen LogP contribution in [0.1, 0.15) is 17.3 Å². The van der Waals surface area contributed by atoms with Gasteiger partial charge in [-0.15, -0.1) is 0 Å². The molecule has 0 aromatic carbocycles. The van der Waals surface area contributed by atoms with E-state index in [-0.39, 0.29) is 5.56 Å². The van der Waals surface area contributed by atoms with Crippen molar-refractivity contribution < 1.29 is 14.7 Å². The Bertz CT molecular complexity index is 705. The molecular formula is C13H10ClNO4. The number of carboxylic acids is 1. The van der Waals surface area contributed by atoms with E-state index >= 15 is 0 Å². The maximum atomic E-state index is 12.1. The molecule has 0 fully saturated rings. The highest BCUT2D eigenvalue weighted by Crippen LogP contribution is 2.25. The van der Waals surface area contributed by atoms with Crippen LogP contribution in [0.3, 0.4) is 0 Å². The van der Waals surface area contributed by atoms with E-state index in [1.54, 1.807) is 18.2 Å². The Morgan fingerprint density at radius 2 is 1.89 bits per heavy atom. The zero-order chi connectivity index (χ0) is 14.2. The van der Waals surface area contributed by atoms with E-state index in [1.165, 1.54) is 13.0 Å². The molecule has 0 amide bonds. The number of aromatic nitrogens is 1. The lowest BCUT2D eigenvalue weighted by molar-refractivity contribution is -0.137. The van der Waals surface area contributed by atoms with Crippen molar-refractivity contribution in [2.75, 3.05) is 0 Å². The summed E-state index contributed by atoms with van der Waals surface area (Å²) in [5, 5.41) is 9.28. The Morgan fingerprint density at radius 1 is 1.26 bits per heavy atom. The van der Waals surface area contributed by atoms with Gasteiger partial charge in [-0.1, -0.05) is 17.7 Å². The molecule has 1 N–H and O–H groups in total. The third-order valence-corrected chi connectivity index (χ3v) is 3.00. The van der Waals surface area contributed by atoms with E-state index < -0.39 is 23.9 Å². The minimum absolute atomic E-state index is 0.0106. The van der Waals surface area contributed by atoms with Gasteiger partial charge in [0.15, 0.2) is 5.78 Å². The number of carboxylic acid groups (broad SMARTS) is 1. The maximum absolute atomic E-state index is 12.1. The van der Waals surface area contributed by atoms with Crippen LogP contribution in [0.15, 0.2) is 29.1 Å².